The van der Waals surface area contributed by atoms with Crippen molar-refractivity contribution in [3.63, 3.8) is 0 Å². The van der Waals surface area contributed by atoms with E-state index in [4.69, 9.17) is 0 Å². The van der Waals surface area contributed by atoms with Gasteiger partial charge in [-0.3, -0.25) is 14.4 Å². The van der Waals surface area contributed by atoms with Crippen LogP contribution in [-0.4, -0.2) is 29.7 Å². The molecule has 0 fully saturated rings. The predicted molar refractivity (Wildman–Crippen MR) is 147 cm³/mol. The van der Waals surface area contributed by atoms with E-state index < -0.39 is 20.9 Å². The number of ketones is 3. The Morgan fingerprint density at radius 3 is 1.86 bits per heavy atom. The average molecular weight is 524 g/mol. The van der Waals surface area contributed by atoms with Gasteiger partial charge in [-0.25, -0.2) is 12.4 Å². The number of aromatic nitrogens is 1. The summed E-state index contributed by atoms with van der Waals surface area (Å²) in [6.07, 6.45) is 0.205. The Labute approximate surface area is 220 Å². The van der Waals surface area contributed by atoms with Crippen LogP contribution in [0.4, 0.5) is 0 Å². The van der Waals surface area contributed by atoms with Crippen LogP contribution in [0.25, 0.3) is 10.9 Å². The molecule has 0 aliphatic carbocycles. The van der Waals surface area contributed by atoms with Crippen LogP contribution in [-0.2, 0) is 26.0 Å². The van der Waals surface area contributed by atoms with Gasteiger partial charge in [0.15, 0.2) is 5.78 Å². The van der Waals surface area contributed by atoms with Gasteiger partial charge in [0.1, 0.15) is 11.6 Å². The largest absolute Gasteiger partial charge is 0.299 e. The molecule has 1 aromatic heterocycles. The number of hydrogen-bond donors (Lipinski definition) is 0. The van der Waals surface area contributed by atoms with Gasteiger partial charge in [0.2, 0.25) is 0 Å². The maximum Gasteiger partial charge on any atom is 0.268 e. The van der Waals surface area contributed by atoms with Gasteiger partial charge in [-0.15, -0.1) is 0 Å². The molecule has 7 heteroatoms. The Bertz CT molecular complexity index is 1450. The molecule has 0 saturated heterocycles. The van der Waals surface area contributed by atoms with Crippen LogP contribution >= 0.6 is 0 Å². The number of fused-ring (bicyclic) bond motifs is 1. The van der Waals surface area contributed by atoms with Gasteiger partial charge in [0, 0.05) is 46.7 Å². The van der Waals surface area contributed by atoms with Gasteiger partial charge >= 0.3 is 0 Å². The summed E-state index contributed by atoms with van der Waals surface area (Å²) in [4.78, 5) is 39.1. The Hall–Kier alpha value is -3.06. The summed E-state index contributed by atoms with van der Waals surface area (Å²) in [6, 6.07) is 13.4. The lowest BCUT2D eigenvalue weighted by Crippen LogP contribution is -2.23. The standard InChI is InChI=1S/C30H37NO5S/c1-20-12-14-21(15-13-20)37(35,36)31-23-11-9-8-10-22(23)28(24(31)16-18-26(33)29(2,3)4)25(32)17-19-27(34)30(5,6)7/h8-15H,16-19H2,1-7H3. The van der Waals surface area contributed by atoms with E-state index in [0.29, 0.717) is 10.9 Å². The van der Waals surface area contributed by atoms with Crippen molar-refractivity contribution in [3.05, 3.63) is 65.4 Å². The molecule has 0 spiro atoms. The molecule has 1 heterocycles. The zero-order valence-corrected chi connectivity index (χ0v) is 23.7. The lowest BCUT2D eigenvalue weighted by atomic mass is 9.86. The molecular formula is C30H37NO5S. The second-order valence-electron chi connectivity index (χ2n) is 11.7. The molecule has 0 bridgehead atoms. The number of para-hydroxylation sites is 1. The summed E-state index contributed by atoms with van der Waals surface area (Å²) in [5.41, 5.74) is 0.682. The first-order valence-corrected chi connectivity index (χ1v) is 14.0. The summed E-state index contributed by atoms with van der Waals surface area (Å²) in [5.74, 6) is -0.371. The van der Waals surface area contributed by atoms with E-state index in [1.807, 2.05) is 48.5 Å². The fourth-order valence-electron chi connectivity index (χ4n) is 4.23. The number of carbonyl (C=O) groups excluding carboxylic acids is 3. The molecule has 0 atom stereocenters. The quantitative estimate of drug-likeness (QED) is 0.307. The lowest BCUT2D eigenvalue weighted by Gasteiger charge is -2.18. The molecule has 0 aliphatic rings. The van der Waals surface area contributed by atoms with Crippen LogP contribution in [0.3, 0.4) is 0 Å². The molecule has 2 aromatic carbocycles. The van der Waals surface area contributed by atoms with Crippen molar-refractivity contribution in [2.24, 2.45) is 10.8 Å². The van der Waals surface area contributed by atoms with Gasteiger partial charge < -0.3 is 0 Å². The van der Waals surface area contributed by atoms with Gasteiger partial charge in [-0.1, -0.05) is 77.4 Å². The van der Waals surface area contributed by atoms with Crippen molar-refractivity contribution < 1.29 is 22.8 Å². The highest BCUT2D eigenvalue weighted by Crippen LogP contribution is 2.33. The summed E-state index contributed by atoms with van der Waals surface area (Å²) in [5, 5.41) is 0.504. The zero-order chi connectivity index (χ0) is 27.8. The molecule has 0 unspecified atom stereocenters. The first kappa shape index (κ1) is 28.5. The predicted octanol–water partition coefficient (Wildman–Crippen LogP) is 6.31. The smallest absolute Gasteiger partial charge is 0.268 e. The fraction of sp³-hybridized carbons (Fsp3) is 0.433. The minimum Gasteiger partial charge on any atom is -0.299 e. The molecule has 3 rings (SSSR count). The van der Waals surface area contributed by atoms with Crippen molar-refractivity contribution in [3.8, 4) is 0 Å². The maximum absolute atomic E-state index is 14.0. The normalized spacial score (nSPS) is 12.6. The number of nitrogens with zero attached hydrogens (tertiary/aromatic N) is 1. The second-order valence-corrected chi connectivity index (χ2v) is 13.5. The molecule has 37 heavy (non-hydrogen) atoms. The van der Waals surface area contributed by atoms with Crippen molar-refractivity contribution >= 4 is 38.3 Å². The molecule has 3 aromatic rings. The van der Waals surface area contributed by atoms with E-state index in [-0.39, 0.29) is 59.2 Å². The van der Waals surface area contributed by atoms with E-state index in [1.165, 1.54) is 3.97 Å². The number of Topliss-reactive ketones (excluding diaryl/α,β-unsaturated/α-hetero) is 3. The van der Waals surface area contributed by atoms with E-state index in [2.05, 4.69) is 0 Å². The fourth-order valence-corrected chi connectivity index (χ4v) is 5.81. The summed E-state index contributed by atoms with van der Waals surface area (Å²) >= 11 is 0. The topological polar surface area (TPSA) is 90.3 Å². The Morgan fingerprint density at radius 1 is 0.757 bits per heavy atom. The molecule has 0 aliphatic heterocycles. The van der Waals surface area contributed by atoms with Crippen LogP contribution in [0.5, 0.6) is 0 Å². The molecule has 0 radical (unpaired) electrons. The highest BCUT2D eigenvalue weighted by molar-refractivity contribution is 7.90. The average Bonchev–Trinajstić information content (AvgIpc) is 3.14. The van der Waals surface area contributed by atoms with Gasteiger partial charge in [-0.2, -0.15) is 0 Å². The van der Waals surface area contributed by atoms with Crippen LogP contribution in [0.2, 0.25) is 0 Å². The summed E-state index contributed by atoms with van der Waals surface area (Å²) < 4.78 is 29.2. The zero-order valence-electron chi connectivity index (χ0n) is 22.8. The van der Waals surface area contributed by atoms with E-state index in [0.717, 1.165) is 5.56 Å². The highest BCUT2D eigenvalue weighted by Gasteiger charge is 2.31. The second kappa shape index (κ2) is 10.4. The molecule has 0 N–H and O–H groups in total. The Morgan fingerprint density at radius 2 is 1.30 bits per heavy atom. The number of benzene rings is 2. The van der Waals surface area contributed by atoms with Crippen LogP contribution in [0, 0.1) is 17.8 Å². The van der Waals surface area contributed by atoms with Crippen molar-refractivity contribution in [2.45, 2.75) is 79.0 Å². The highest BCUT2D eigenvalue weighted by atomic mass is 32.2. The third-order valence-electron chi connectivity index (χ3n) is 6.60. The number of carbonyl (C=O) groups is 3. The van der Waals surface area contributed by atoms with Crippen molar-refractivity contribution in [1.29, 1.82) is 0 Å². The molecule has 6 nitrogen and oxygen atoms in total. The Kier molecular flexibility index (Phi) is 7.99. The molecule has 198 valence electrons. The SMILES string of the molecule is Cc1ccc(S(=O)(=O)n2c(CCC(=O)C(C)(C)C)c(C(=O)CCC(=O)C(C)(C)C)c3ccccc32)cc1. The molecular weight excluding hydrogens is 486 g/mol. The number of aryl methyl sites for hydroxylation is 1. The van der Waals surface area contributed by atoms with Gasteiger partial charge in [-0.05, 0) is 31.5 Å². The first-order chi connectivity index (χ1) is 17.0. The summed E-state index contributed by atoms with van der Waals surface area (Å²) in [7, 11) is -4.08. The maximum atomic E-state index is 14.0. The van der Waals surface area contributed by atoms with E-state index in [1.54, 1.807) is 48.5 Å². The Balaban J connectivity index is 2.22. The van der Waals surface area contributed by atoms with Crippen molar-refractivity contribution in [2.75, 3.05) is 0 Å². The van der Waals surface area contributed by atoms with E-state index in [9.17, 15) is 22.8 Å². The van der Waals surface area contributed by atoms with Crippen molar-refractivity contribution in [1.82, 2.24) is 3.97 Å². The van der Waals surface area contributed by atoms with Gasteiger partial charge in [0.05, 0.1) is 10.4 Å². The minimum absolute atomic E-state index is 0.0293. The van der Waals surface area contributed by atoms with Crippen LogP contribution in [0.15, 0.2) is 53.4 Å². The van der Waals surface area contributed by atoms with Gasteiger partial charge in [0.25, 0.3) is 10.0 Å². The summed E-state index contributed by atoms with van der Waals surface area (Å²) in [6.45, 7) is 12.8. The number of hydrogen-bond acceptors (Lipinski definition) is 5. The minimum atomic E-state index is -4.08. The number of rotatable bonds is 9. The third kappa shape index (κ3) is 6.09. The molecule has 0 amide bonds. The third-order valence-corrected chi connectivity index (χ3v) is 8.37. The van der Waals surface area contributed by atoms with Crippen LogP contribution in [0.1, 0.15) is 82.4 Å². The monoisotopic (exact) mass is 523 g/mol. The molecule has 0 saturated carbocycles. The van der Waals surface area contributed by atoms with Crippen LogP contribution < -0.4 is 0 Å². The van der Waals surface area contributed by atoms with E-state index >= 15 is 0 Å². The lowest BCUT2D eigenvalue weighted by molar-refractivity contribution is -0.126. The first-order valence-electron chi connectivity index (χ1n) is 12.6.